The highest BCUT2D eigenvalue weighted by atomic mass is 16.4. The maximum absolute atomic E-state index is 12.6. The van der Waals surface area contributed by atoms with Crippen LogP contribution < -0.4 is 5.32 Å². The average Bonchev–Trinajstić information content (AvgIpc) is 2.61. The number of carboxylic acids is 1. The Bertz CT molecular complexity index is 710. The summed E-state index contributed by atoms with van der Waals surface area (Å²) in [6.07, 6.45) is 0.620. The molecule has 0 aliphatic carbocycles. The second-order valence-electron chi connectivity index (χ2n) is 6.61. The van der Waals surface area contributed by atoms with Crippen molar-refractivity contribution in [1.29, 1.82) is 0 Å². The summed E-state index contributed by atoms with van der Waals surface area (Å²) in [5.41, 5.74) is 3.07. The van der Waals surface area contributed by atoms with Crippen molar-refractivity contribution in [2.45, 2.75) is 33.2 Å². The van der Waals surface area contributed by atoms with Gasteiger partial charge in [-0.15, -0.1) is 0 Å². The van der Waals surface area contributed by atoms with Crippen LogP contribution in [-0.4, -0.2) is 17.0 Å². The number of carboxylic acid groups (broad SMARTS) is 1. The zero-order chi connectivity index (χ0) is 18.4. The fourth-order valence-electron chi connectivity index (χ4n) is 2.77. The van der Waals surface area contributed by atoms with Crippen molar-refractivity contribution >= 4 is 11.9 Å². The number of benzene rings is 2. The minimum atomic E-state index is -0.930. The third kappa shape index (κ3) is 5.18. The van der Waals surface area contributed by atoms with Gasteiger partial charge < -0.3 is 10.4 Å². The fourth-order valence-corrected chi connectivity index (χ4v) is 2.77. The van der Waals surface area contributed by atoms with E-state index in [0.29, 0.717) is 6.42 Å². The molecule has 0 spiro atoms. The van der Waals surface area contributed by atoms with Crippen molar-refractivity contribution in [2.75, 3.05) is 0 Å². The van der Waals surface area contributed by atoms with E-state index in [1.165, 1.54) is 5.56 Å². The molecule has 4 heteroatoms. The Morgan fingerprint density at radius 1 is 1.00 bits per heavy atom. The van der Waals surface area contributed by atoms with Crippen LogP contribution in [0.5, 0.6) is 0 Å². The molecule has 2 aromatic rings. The highest BCUT2D eigenvalue weighted by Crippen LogP contribution is 2.23. The standard InChI is InChI=1S/C21H25NO3/c1-14-9-11-17(12-10-14)13-15(2)20(23)22-19(16(3)21(24)25)18-7-5-4-6-8-18/h4-12,15-16,19H,13H2,1-3H3,(H,22,23)(H,24,25). The van der Waals surface area contributed by atoms with Gasteiger partial charge in [0.25, 0.3) is 0 Å². The third-order valence-electron chi connectivity index (χ3n) is 4.46. The number of rotatable bonds is 7. The first-order valence-corrected chi connectivity index (χ1v) is 8.52. The normalized spacial score (nSPS) is 14.4. The Morgan fingerprint density at radius 3 is 2.16 bits per heavy atom. The molecule has 0 aromatic heterocycles. The number of aliphatic carboxylic acids is 1. The maximum atomic E-state index is 12.6. The lowest BCUT2D eigenvalue weighted by Crippen LogP contribution is -2.38. The minimum absolute atomic E-state index is 0.137. The summed E-state index contributed by atoms with van der Waals surface area (Å²) < 4.78 is 0. The summed E-state index contributed by atoms with van der Waals surface area (Å²) in [6, 6.07) is 16.8. The molecule has 0 radical (unpaired) electrons. The predicted octanol–water partition coefficient (Wildman–Crippen LogP) is 3.75. The molecule has 0 fully saturated rings. The van der Waals surface area contributed by atoms with Crippen LogP contribution in [0.4, 0.5) is 0 Å². The summed E-state index contributed by atoms with van der Waals surface area (Å²) in [4.78, 5) is 24.1. The molecular weight excluding hydrogens is 314 g/mol. The Labute approximate surface area is 148 Å². The number of nitrogens with one attached hydrogen (secondary N) is 1. The number of carbonyl (C=O) groups is 2. The summed E-state index contributed by atoms with van der Waals surface area (Å²) in [5.74, 6) is -2.02. The summed E-state index contributed by atoms with van der Waals surface area (Å²) in [6.45, 7) is 5.51. The molecule has 0 heterocycles. The largest absolute Gasteiger partial charge is 0.481 e. The predicted molar refractivity (Wildman–Crippen MR) is 98.2 cm³/mol. The first-order chi connectivity index (χ1) is 11.9. The van der Waals surface area contributed by atoms with E-state index in [9.17, 15) is 14.7 Å². The first-order valence-electron chi connectivity index (χ1n) is 8.52. The van der Waals surface area contributed by atoms with Crippen molar-refractivity contribution in [3.8, 4) is 0 Å². The van der Waals surface area contributed by atoms with Crippen LogP contribution in [0.1, 0.15) is 36.6 Å². The van der Waals surface area contributed by atoms with E-state index in [2.05, 4.69) is 5.32 Å². The van der Waals surface area contributed by atoms with Crippen molar-refractivity contribution in [1.82, 2.24) is 5.32 Å². The van der Waals surface area contributed by atoms with E-state index < -0.39 is 17.9 Å². The Balaban J connectivity index is 2.10. The lowest BCUT2D eigenvalue weighted by atomic mass is 9.93. The van der Waals surface area contributed by atoms with Gasteiger partial charge in [0.2, 0.25) is 5.91 Å². The topological polar surface area (TPSA) is 66.4 Å². The number of hydrogen-bond acceptors (Lipinski definition) is 2. The van der Waals surface area contributed by atoms with Gasteiger partial charge in [-0.25, -0.2) is 0 Å². The molecule has 2 rings (SSSR count). The monoisotopic (exact) mass is 339 g/mol. The molecule has 0 saturated carbocycles. The molecule has 132 valence electrons. The first kappa shape index (κ1) is 18.7. The second kappa shape index (κ2) is 8.47. The number of amides is 1. The van der Waals surface area contributed by atoms with Crippen LogP contribution in [0.15, 0.2) is 54.6 Å². The average molecular weight is 339 g/mol. The lowest BCUT2D eigenvalue weighted by Gasteiger charge is -2.24. The quantitative estimate of drug-likeness (QED) is 0.807. The Kier molecular flexibility index (Phi) is 6.34. The van der Waals surface area contributed by atoms with E-state index in [4.69, 9.17) is 0 Å². The lowest BCUT2D eigenvalue weighted by molar-refractivity contribution is -0.142. The number of carbonyl (C=O) groups excluding carboxylic acids is 1. The van der Waals surface area contributed by atoms with Gasteiger partial charge >= 0.3 is 5.97 Å². The smallest absolute Gasteiger partial charge is 0.308 e. The van der Waals surface area contributed by atoms with Gasteiger partial charge in [0.15, 0.2) is 0 Å². The fraction of sp³-hybridized carbons (Fsp3) is 0.333. The van der Waals surface area contributed by atoms with Gasteiger partial charge in [0, 0.05) is 5.92 Å². The van der Waals surface area contributed by atoms with Gasteiger partial charge in [0.05, 0.1) is 12.0 Å². The van der Waals surface area contributed by atoms with Gasteiger partial charge in [-0.05, 0) is 31.4 Å². The molecule has 3 atom stereocenters. The number of aryl methyl sites for hydroxylation is 1. The van der Waals surface area contributed by atoms with Crippen LogP contribution in [0, 0.1) is 18.8 Å². The minimum Gasteiger partial charge on any atom is -0.481 e. The van der Waals surface area contributed by atoms with Crippen LogP contribution >= 0.6 is 0 Å². The van der Waals surface area contributed by atoms with Gasteiger partial charge in [0.1, 0.15) is 0 Å². The third-order valence-corrected chi connectivity index (χ3v) is 4.46. The molecule has 4 nitrogen and oxygen atoms in total. The molecule has 2 aromatic carbocycles. The van der Waals surface area contributed by atoms with Crippen molar-refractivity contribution in [3.05, 3.63) is 71.3 Å². The molecule has 1 amide bonds. The highest BCUT2D eigenvalue weighted by molar-refractivity contribution is 5.80. The van der Waals surface area contributed by atoms with Crippen molar-refractivity contribution in [3.63, 3.8) is 0 Å². The molecule has 2 N–H and O–H groups in total. The molecule has 0 saturated heterocycles. The SMILES string of the molecule is Cc1ccc(CC(C)C(=O)NC(c2ccccc2)C(C)C(=O)O)cc1. The summed E-state index contributed by atoms with van der Waals surface area (Å²) in [7, 11) is 0. The zero-order valence-corrected chi connectivity index (χ0v) is 14.9. The van der Waals surface area contributed by atoms with Crippen LogP contribution in [-0.2, 0) is 16.0 Å². The van der Waals surface area contributed by atoms with Crippen molar-refractivity contribution in [2.24, 2.45) is 11.8 Å². The number of hydrogen-bond donors (Lipinski definition) is 2. The van der Waals surface area contributed by atoms with E-state index in [-0.39, 0.29) is 11.8 Å². The van der Waals surface area contributed by atoms with E-state index in [1.807, 2.05) is 68.4 Å². The maximum Gasteiger partial charge on any atom is 0.308 e. The highest BCUT2D eigenvalue weighted by Gasteiger charge is 2.28. The molecule has 25 heavy (non-hydrogen) atoms. The van der Waals surface area contributed by atoms with E-state index in [1.54, 1.807) is 6.92 Å². The van der Waals surface area contributed by atoms with Crippen molar-refractivity contribution < 1.29 is 14.7 Å². The summed E-state index contributed by atoms with van der Waals surface area (Å²) in [5, 5.41) is 12.3. The van der Waals surface area contributed by atoms with E-state index >= 15 is 0 Å². The van der Waals surface area contributed by atoms with Crippen LogP contribution in [0.3, 0.4) is 0 Å². The van der Waals surface area contributed by atoms with Gasteiger partial charge in [-0.1, -0.05) is 67.1 Å². The Hall–Kier alpha value is -2.62. The van der Waals surface area contributed by atoms with E-state index in [0.717, 1.165) is 11.1 Å². The Morgan fingerprint density at radius 2 is 1.60 bits per heavy atom. The summed E-state index contributed by atoms with van der Waals surface area (Å²) >= 11 is 0. The molecule has 0 aliphatic heterocycles. The second-order valence-corrected chi connectivity index (χ2v) is 6.61. The van der Waals surface area contributed by atoms with Gasteiger partial charge in [-0.3, -0.25) is 9.59 Å². The molecule has 3 unspecified atom stereocenters. The molecule has 0 bridgehead atoms. The van der Waals surface area contributed by atoms with Crippen LogP contribution in [0.2, 0.25) is 0 Å². The zero-order valence-electron chi connectivity index (χ0n) is 14.9. The van der Waals surface area contributed by atoms with Crippen LogP contribution in [0.25, 0.3) is 0 Å². The molecular formula is C21H25NO3. The van der Waals surface area contributed by atoms with Gasteiger partial charge in [-0.2, -0.15) is 0 Å². The molecule has 0 aliphatic rings.